The first-order chi connectivity index (χ1) is 9.50. The summed E-state index contributed by atoms with van der Waals surface area (Å²) < 4.78 is -1.86. The Morgan fingerprint density at radius 1 is 0.857 bits per heavy atom. The Balaban J connectivity index is 2.69. The standard InChI is InChI=1S/C11H8Cl6N4/c1-5-3-4-6(21(5)2)7-18-8(10(12,13)14)20-9(19-7)11(15,16)17/h3-4H,1-2H3. The SMILES string of the molecule is Cc1ccc(-c2nc(C(Cl)(Cl)Cl)nc(C(Cl)(Cl)Cl)n2)n1C. The maximum atomic E-state index is 5.83. The molecule has 0 N–H and O–H groups in total. The summed E-state index contributed by atoms with van der Waals surface area (Å²) in [5, 5.41) is 0. The highest BCUT2D eigenvalue weighted by atomic mass is 35.6. The lowest BCUT2D eigenvalue weighted by Crippen LogP contribution is -2.17. The van der Waals surface area contributed by atoms with Crippen molar-refractivity contribution in [2.45, 2.75) is 14.5 Å². The molecule has 0 saturated heterocycles. The molecule has 0 aliphatic carbocycles. The van der Waals surface area contributed by atoms with Crippen LogP contribution in [0.25, 0.3) is 11.5 Å². The molecule has 0 bridgehead atoms. The zero-order chi connectivity index (χ0) is 16.0. The van der Waals surface area contributed by atoms with E-state index in [1.165, 1.54) is 0 Å². The highest BCUT2D eigenvalue weighted by Gasteiger charge is 2.34. The first-order valence-electron chi connectivity index (χ1n) is 5.53. The van der Waals surface area contributed by atoms with Gasteiger partial charge in [0.25, 0.3) is 0 Å². The van der Waals surface area contributed by atoms with Gasteiger partial charge >= 0.3 is 0 Å². The first-order valence-corrected chi connectivity index (χ1v) is 7.80. The average Bonchev–Trinajstić information content (AvgIpc) is 2.67. The Morgan fingerprint density at radius 2 is 1.33 bits per heavy atom. The number of halogens is 6. The van der Waals surface area contributed by atoms with Gasteiger partial charge in [0, 0.05) is 12.7 Å². The van der Waals surface area contributed by atoms with Crippen LogP contribution in [0.2, 0.25) is 0 Å². The Bertz CT molecular complexity index is 638. The fourth-order valence-electron chi connectivity index (χ4n) is 1.58. The molecule has 0 unspecified atom stereocenters. The number of aryl methyl sites for hydroxylation is 1. The van der Waals surface area contributed by atoms with E-state index in [0.29, 0.717) is 5.69 Å². The van der Waals surface area contributed by atoms with Crippen molar-refractivity contribution in [3.8, 4) is 11.5 Å². The topological polar surface area (TPSA) is 43.6 Å². The smallest absolute Gasteiger partial charge is 0.250 e. The third-order valence-corrected chi connectivity index (χ3v) is 3.76. The van der Waals surface area contributed by atoms with E-state index >= 15 is 0 Å². The van der Waals surface area contributed by atoms with Crippen molar-refractivity contribution in [3.63, 3.8) is 0 Å². The molecule has 21 heavy (non-hydrogen) atoms. The number of alkyl halides is 6. The van der Waals surface area contributed by atoms with Gasteiger partial charge in [-0.25, -0.2) is 15.0 Å². The highest BCUT2D eigenvalue weighted by Crippen LogP contribution is 2.40. The van der Waals surface area contributed by atoms with E-state index in [1.54, 1.807) is 0 Å². The molecular formula is C11H8Cl6N4. The van der Waals surface area contributed by atoms with E-state index in [-0.39, 0.29) is 17.5 Å². The van der Waals surface area contributed by atoms with Gasteiger partial charge in [-0.3, -0.25) is 0 Å². The van der Waals surface area contributed by atoms with E-state index in [0.717, 1.165) is 5.69 Å². The Kier molecular flexibility index (Phi) is 4.89. The largest absolute Gasteiger partial charge is 0.345 e. The molecule has 0 aromatic carbocycles. The van der Waals surface area contributed by atoms with Crippen LogP contribution in [0.3, 0.4) is 0 Å². The maximum Gasteiger partial charge on any atom is 0.250 e. The van der Waals surface area contributed by atoms with Gasteiger partial charge in [0.05, 0.1) is 5.69 Å². The molecule has 0 aliphatic rings. The Labute approximate surface area is 151 Å². The van der Waals surface area contributed by atoms with Gasteiger partial charge in [0.15, 0.2) is 17.5 Å². The predicted octanol–water partition coefficient (Wildman–Crippen LogP) is 4.84. The lowest BCUT2D eigenvalue weighted by molar-refractivity contribution is 0.825. The van der Waals surface area contributed by atoms with Gasteiger partial charge in [-0.15, -0.1) is 0 Å². The van der Waals surface area contributed by atoms with Crippen molar-refractivity contribution in [3.05, 3.63) is 29.5 Å². The molecule has 0 fully saturated rings. The van der Waals surface area contributed by atoms with Gasteiger partial charge in [-0.05, 0) is 19.1 Å². The minimum absolute atomic E-state index is 0.113. The molecule has 0 amide bonds. The summed E-state index contributed by atoms with van der Waals surface area (Å²) in [5.74, 6) is 0.0265. The van der Waals surface area contributed by atoms with Crippen molar-refractivity contribution in [1.29, 1.82) is 0 Å². The van der Waals surface area contributed by atoms with Crippen molar-refractivity contribution >= 4 is 69.6 Å². The van der Waals surface area contributed by atoms with Crippen LogP contribution in [0.1, 0.15) is 17.3 Å². The first kappa shape index (κ1) is 17.4. The van der Waals surface area contributed by atoms with Gasteiger partial charge in [0.2, 0.25) is 7.59 Å². The summed E-state index contributed by atoms with van der Waals surface area (Å²) in [6.45, 7) is 1.93. The molecule has 2 rings (SSSR count). The summed E-state index contributed by atoms with van der Waals surface area (Å²) in [6.07, 6.45) is 0. The number of aromatic nitrogens is 4. The lowest BCUT2D eigenvalue weighted by atomic mass is 10.4. The number of hydrogen-bond donors (Lipinski definition) is 0. The number of rotatable bonds is 1. The summed E-state index contributed by atoms with van der Waals surface area (Å²) in [6, 6.07) is 3.71. The molecule has 4 nitrogen and oxygen atoms in total. The van der Waals surface area contributed by atoms with Crippen LogP contribution in [0.5, 0.6) is 0 Å². The molecule has 114 valence electrons. The van der Waals surface area contributed by atoms with Crippen molar-refractivity contribution in [1.82, 2.24) is 19.5 Å². The van der Waals surface area contributed by atoms with Crippen LogP contribution in [0.4, 0.5) is 0 Å². The average molecular weight is 409 g/mol. The minimum Gasteiger partial charge on any atom is -0.345 e. The van der Waals surface area contributed by atoms with Crippen LogP contribution in [-0.4, -0.2) is 19.5 Å². The molecule has 0 radical (unpaired) electrons. The molecular weight excluding hydrogens is 401 g/mol. The number of hydrogen-bond acceptors (Lipinski definition) is 3. The summed E-state index contributed by atoms with van der Waals surface area (Å²) in [5.41, 5.74) is 1.68. The predicted molar refractivity (Wildman–Crippen MR) is 87.4 cm³/mol. The van der Waals surface area contributed by atoms with Crippen LogP contribution in [0, 0.1) is 6.92 Å². The monoisotopic (exact) mass is 406 g/mol. The van der Waals surface area contributed by atoms with Crippen molar-refractivity contribution in [2.24, 2.45) is 7.05 Å². The summed E-state index contributed by atoms with van der Waals surface area (Å²) >= 11 is 35.0. The van der Waals surface area contributed by atoms with Gasteiger partial charge < -0.3 is 4.57 Å². The van der Waals surface area contributed by atoms with Crippen LogP contribution in [-0.2, 0) is 14.6 Å². The van der Waals surface area contributed by atoms with E-state index in [4.69, 9.17) is 69.6 Å². The van der Waals surface area contributed by atoms with Gasteiger partial charge in [0.1, 0.15) is 0 Å². The molecule has 0 spiro atoms. The quantitative estimate of drug-likeness (QED) is 0.634. The van der Waals surface area contributed by atoms with Gasteiger partial charge in [-0.2, -0.15) is 0 Å². The van der Waals surface area contributed by atoms with Crippen LogP contribution in [0.15, 0.2) is 12.1 Å². The fourth-order valence-corrected chi connectivity index (χ4v) is 2.09. The molecule has 0 atom stereocenters. The Hall–Kier alpha value is 0.0300. The van der Waals surface area contributed by atoms with E-state index < -0.39 is 7.59 Å². The second kappa shape index (κ2) is 5.91. The number of nitrogens with zero attached hydrogens (tertiary/aromatic N) is 4. The van der Waals surface area contributed by atoms with Crippen molar-refractivity contribution < 1.29 is 0 Å². The minimum atomic E-state index is -1.86. The Morgan fingerprint density at radius 3 is 1.67 bits per heavy atom. The molecule has 10 heteroatoms. The van der Waals surface area contributed by atoms with Gasteiger partial charge in [-0.1, -0.05) is 69.6 Å². The molecule has 2 aromatic heterocycles. The summed E-state index contributed by atoms with van der Waals surface area (Å²) in [7, 11) is 1.85. The second-order valence-electron chi connectivity index (χ2n) is 4.22. The second-order valence-corrected chi connectivity index (χ2v) is 8.78. The highest BCUT2D eigenvalue weighted by molar-refractivity contribution is 6.67. The molecule has 2 heterocycles. The zero-order valence-electron chi connectivity index (χ0n) is 10.7. The van der Waals surface area contributed by atoms with E-state index in [2.05, 4.69) is 15.0 Å². The van der Waals surface area contributed by atoms with Crippen molar-refractivity contribution in [2.75, 3.05) is 0 Å². The summed E-state index contributed by atoms with van der Waals surface area (Å²) in [4.78, 5) is 12.2. The van der Waals surface area contributed by atoms with Crippen LogP contribution < -0.4 is 0 Å². The zero-order valence-corrected chi connectivity index (χ0v) is 15.2. The molecule has 0 aliphatic heterocycles. The van der Waals surface area contributed by atoms with E-state index in [9.17, 15) is 0 Å². The van der Waals surface area contributed by atoms with E-state index in [1.807, 2.05) is 30.7 Å². The normalized spacial score (nSPS) is 12.8. The third kappa shape index (κ3) is 3.87. The third-order valence-electron chi connectivity index (χ3n) is 2.74. The molecule has 0 saturated carbocycles. The maximum absolute atomic E-state index is 5.83. The van der Waals surface area contributed by atoms with Crippen LogP contribution >= 0.6 is 69.6 Å². The molecule has 2 aromatic rings. The lowest BCUT2D eigenvalue weighted by Gasteiger charge is -2.15. The fraction of sp³-hybridized carbons (Fsp3) is 0.364.